The molecule has 0 spiro atoms. The lowest BCUT2D eigenvalue weighted by Gasteiger charge is -2.37. The molecule has 0 aromatic rings. The summed E-state index contributed by atoms with van der Waals surface area (Å²) < 4.78 is 4.67. The molecule has 1 unspecified atom stereocenters. The van der Waals surface area contributed by atoms with E-state index in [1.807, 2.05) is 0 Å². The molecule has 2 atom stereocenters. The summed E-state index contributed by atoms with van der Waals surface area (Å²) in [4.78, 5) is 11.2. The van der Waals surface area contributed by atoms with Gasteiger partial charge in [0.25, 0.3) is 0 Å². The lowest BCUT2D eigenvalue weighted by Crippen LogP contribution is -2.61. The molecule has 0 aromatic heterocycles. The molecule has 0 bridgehead atoms. The van der Waals surface area contributed by atoms with Gasteiger partial charge in [0, 0.05) is 19.1 Å². The Morgan fingerprint density at radius 2 is 1.93 bits per heavy atom. The Balaban J connectivity index is 2.43. The van der Waals surface area contributed by atoms with Crippen molar-refractivity contribution in [2.24, 2.45) is 5.41 Å². The van der Waals surface area contributed by atoms with Gasteiger partial charge in [-0.3, -0.25) is 4.79 Å². The highest BCUT2D eigenvalue weighted by Gasteiger charge is 2.31. The molecule has 0 aliphatic carbocycles. The Labute approximate surface area is 85.4 Å². The summed E-state index contributed by atoms with van der Waals surface area (Å²) in [5.41, 5.74) is 0.216. The highest BCUT2D eigenvalue weighted by molar-refractivity contribution is 5.76. The van der Waals surface area contributed by atoms with Crippen molar-refractivity contribution in [1.82, 2.24) is 10.6 Å². The van der Waals surface area contributed by atoms with Gasteiger partial charge < -0.3 is 15.4 Å². The summed E-state index contributed by atoms with van der Waals surface area (Å²) >= 11 is 0. The first kappa shape index (κ1) is 11.5. The van der Waals surface area contributed by atoms with E-state index in [9.17, 15) is 4.79 Å². The van der Waals surface area contributed by atoms with E-state index in [0.29, 0.717) is 12.6 Å². The zero-order chi connectivity index (χ0) is 10.8. The summed E-state index contributed by atoms with van der Waals surface area (Å²) in [6.45, 7) is 8.01. The molecule has 4 nitrogen and oxygen atoms in total. The molecule has 1 aliphatic heterocycles. The third kappa shape index (κ3) is 2.69. The first-order chi connectivity index (χ1) is 6.45. The number of nitrogens with one attached hydrogen (secondary N) is 2. The molecule has 82 valence electrons. The monoisotopic (exact) mass is 200 g/mol. The van der Waals surface area contributed by atoms with Crippen LogP contribution in [0, 0.1) is 5.41 Å². The number of carbonyl (C=O) groups is 1. The van der Waals surface area contributed by atoms with Crippen LogP contribution in [0.15, 0.2) is 0 Å². The first-order valence-corrected chi connectivity index (χ1v) is 4.99. The van der Waals surface area contributed by atoms with E-state index in [4.69, 9.17) is 0 Å². The van der Waals surface area contributed by atoms with E-state index in [1.165, 1.54) is 7.11 Å². The fraction of sp³-hybridized carbons (Fsp3) is 0.900. The van der Waals surface area contributed by atoms with Gasteiger partial charge in [-0.25, -0.2) is 0 Å². The second-order valence-corrected chi connectivity index (χ2v) is 4.81. The average molecular weight is 200 g/mol. The highest BCUT2D eigenvalue weighted by Crippen LogP contribution is 2.20. The zero-order valence-electron chi connectivity index (χ0n) is 9.39. The predicted octanol–water partition coefficient (Wildman–Crippen LogP) is 0.136. The second-order valence-electron chi connectivity index (χ2n) is 4.81. The van der Waals surface area contributed by atoms with E-state index >= 15 is 0 Å². The van der Waals surface area contributed by atoms with Crippen LogP contribution >= 0.6 is 0 Å². The van der Waals surface area contributed by atoms with Crippen molar-refractivity contribution >= 4 is 5.97 Å². The van der Waals surface area contributed by atoms with Crippen LogP contribution in [0.2, 0.25) is 0 Å². The van der Waals surface area contributed by atoms with E-state index < -0.39 is 0 Å². The zero-order valence-corrected chi connectivity index (χ0v) is 9.39. The van der Waals surface area contributed by atoms with Crippen molar-refractivity contribution in [3.63, 3.8) is 0 Å². The standard InChI is InChI=1S/C10H20N2O2/c1-10(2,3)8-6-11-7(5-12-8)9(13)14-4/h7-8,11-12H,5-6H2,1-4H3/t7-,8?/m0/s1. The van der Waals surface area contributed by atoms with Gasteiger partial charge in [-0.05, 0) is 5.41 Å². The van der Waals surface area contributed by atoms with Crippen LogP contribution in [-0.4, -0.2) is 38.3 Å². The van der Waals surface area contributed by atoms with Gasteiger partial charge in [-0.15, -0.1) is 0 Å². The molecule has 1 fully saturated rings. The van der Waals surface area contributed by atoms with Gasteiger partial charge in [-0.2, -0.15) is 0 Å². The Kier molecular flexibility index (Phi) is 3.50. The SMILES string of the molecule is COC(=O)[C@@H]1CNC(C(C)(C)C)CN1. The second kappa shape index (κ2) is 4.28. The first-order valence-electron chi connectivity index (χ1n) is 4.99. The van der Waals surface area contributed by atoms with Crippen LogP contribution in [0.3, 0.4) is 0 Å². The average Bonchev–Trinajstić information content (AvgIpc) is 2.15. The van der Waals surface area contributed by atoms with Crippen LogP contribution in [0.1, 0.15) is 20.8 Å². The van der Waals surface area contributed by atoms with Crippen LogP contribution < -0.4 is 10.6 Å². The van der Waals surface area contributed by atoms with E-state index in [2.05, 4.69) is 36.1 Å². The van der Waals surface area contributed by atoms with Crippen LogP contribution in [-0.2, 0) is 9.53 Å². The van der Waals surface area contributed by atoms with Gasteiger partial charge in [-0.1, -0.05) is 20.8 Å². The topological polar surface area (TPSA) is 50.4 Å². The van der Waals surface area contributed by atoms with Crippen molar-refractivity contribution in [2.45, 2.75) is 32.9 Å². The number of hydrogen-bond donors (Lipinski definition) is 2. The van der Waals surface area contributed by atoms with Crippen molar-refractivity contribution in [1.29, 1.82) is 0 Å². The van der Waals surface area contributed by atoms with Crippen LogP contribution in [0.5, 0.6) is 0 Å². The maximum absolute atomic E-state index is 11.2. The summed E-state index contributed by atoms with van der Waals surface area (Å²) in [7, 11) is 1.42. The molecule has 2 N–H and O–H groups in total. The molecular weight excluding hydrogens is 180 g/mol. The Bertz CT molecular complexity index is 203. The molecule has 0 amide bonds. The molecule has 1 saturated heterocycles. The lowest BCUT2D eigenvalue weighted by molar-refractivity contribution is -0.143. The third-order valence-electron chi connectivity index (χ3n) is 2.67. The normalized spacial score (nSPS) is 28.6. The lowest BCUT2D eigenvalue weighted by atomic mass is 9.85. The van der Waals surface area contributed by atoms with E-state index in [0.717, 1.165) is 6.54 Å². The molecule has 4 heteroatoms. The molecule has 0 saturated carbocycles. The highest BCUT2D eigenvalue weighted by atomic mass is 16.5. The summed E-state index contributed by atoms with van der Waals surface area (Å²) in [6.07, 6.45) is 0. The van der Waals surface area contributed by atoms with Crippen molar-refractivity contribution in [2.75, 3.05) is 20.2 Å². The summed E-state index contributed by atoms with van der Waals surface area (Å²) in [5.74, 6) is -0.190. The Morgan fingerprint density at radius 3 is 2.29 bits per heavy atom. The minimum atomic E-state index is -0.196. The van der Waals surface area contributed by atoms with Gasteiger partial charge in [0.15, 0.2) is 0 Å². The van der Waals surface area contributed by atoms with E-state index in [1.54, 1.807) is 0 Å². The minimum Gasteiger partial charge on any atom is -0.468 e. The third-order valence-corrected chi connectivity index (χ3v) is 2.67. The molecular formula is C10H20N2O2. The van der Waals surface area contributed by atoms with Gasteiger partial charge in [0.1, 0.15) is 6.04 Å². The molecule has 14 heavy (non-hydrogen) atoms. The predicted molar refractivity (Wildman–Crippen MR) is 55.1 cm³/mol. The summed E-state index contributed by atoms with van der Waals surface area (Å²) in [5, 5.41) is 6.55. The number of hydrogen-bond acceptors (Lipinski definition) is 4. The largest absolute Gasteiger partial charge is 0.468 e. The molecule has 0 radical (unpaired) electrons. The Hall–Kier alpha value is -0.610. The number of ether oxygens (including phenoxy) is 1. The number of piperazine rings is 1. The quantitative estimate of drug-likeness (QED) is 0.591. The van der Waals surface area contributed by atoms with Gasteiger partial charge in [0.05, 0.1) is 7.11 Å². The maximum Gasteiger partial charge on any atom is 0.324 e. The van der Waals surface area contributed by atoms with Crippen LogP contribution in [0.4, 0.5) is 0 Å². The number of methoxy groups -OCH3 is 1. The number of esters is 1. The number of carbonyl (C=O) groups excluding carboxylic acids is 1. The summed E-state index contributed by atoms with van der Waals surface area (Å²) in [6, 6.07) is 0.210. The molecule has 1 rings (SSSR count). The molecule has 1 aliphatic rings. The van der Waals surface area contributed by atoms with E-state index in [-0.39, 0.29) is 17.4 Å². The van der Waals surface area contributed by atoms with Crippen molar-refractivity contribution in [3.05, 3.63) is 0 Å². The fourth-order valence-corrected chi connectivity index (χ4v) is 1.59. The van der Waals surface area contributed by atoms with Crippen LogP contribution in [0.25, 0.3) is 0 Å². The molecule has 1 heterocycles. The fourth-order valence-electron chi connectivity index (χ4n) is 1.59. The Morgan fingerprint density at radius 1 is 1.29 bits per heavy atom. The van der Waals surface area contributed by atoms with Crippen molar-refractivity contribution < 1.29 is 9.53 Å². The minimum absolute atomic E-state index is 0.190. The molecule has 0 aromatic carbocycles. The van der Waals surface area contributed by atoms with Gasteiger partial charge in [0.2, 0.25) is 0 Å². The number of rotatable bonds is 1. The van der Waals surface area contributed by atoms with Crippen molar-refractivity contribution in [3.8, 4) is 0 Å². The maximum atomic E-state index is 11.2. The smallest absolute Gasteiger partial charge is 0.324 e. The van der Waals surface area contributed by atoms with Gasteiger partial charge >= 0.3 is 5.97 Å².